The minimum absolute atomic E-state index is 0.0701. The summed E-state index contributed by atoms with van der Waals surface area (Å²) in [7, 11) is 0. The minimum atomic E-state index is -1.02. The van der Waals surface area contributed by atoms with E-state index in [0.29, 0.717) is 12.1 Å². The van der Waals surface area contributed by atoms with Crippen molar-refractivity contribution in [2.45, 2.75) is 51.9 Å². The number of aromatic carboxylic acids is 1. The van der Waals surface area contributed by atoms with Crippen molar-refractivity contribution < 1.29 is 14.7 Å². The van der Waals surface area contributed by atoms with Crippen LogP contribution in [0.5, 0.6) is 0 Å². The van der Waals surface area contributed by atoms with E-state index < -0.39 is 5.97 Å². The summed E-state index contributed by atoms with van der Waals surface area (Å²) in [6, 6.07) is 16.7. The zero-order valence-electron chi connectivity index (χ0n) is 18.7. The highest BCUT2D eigenvalue weighted by Crippen LogP contribution is 2.31. The third kappa shape index (κ3) is 6.27. The maximum Gasteiger partial charge on any atom is 0.335 e. The van der Waals surface area contributed by atoms with Crippen LogP contribution >= 0.6 is 0 Å². The van der Waals surface area contributed by atoms with Crippen molar-refractivity contribution >= 4 is 17.6 Å². The number of carbonyl (C=O) groups excluding carboxylic acids is 1. The molecule has 1 heterocycles. The molecule has 5 nitrogen and oxygen atoms in total. The van der Waals surface area contributed by atoms with Crippen molar-refractivity contribution in [3.05, 3.63) is 83.7 Å². The number of amides is 1. The molecule has 0 saturated carbocycles. The predicted octanol–water partition coefficient (Wildman–Crippen LogP) is 6.45. The Kier molecular flexibility index (Phi) is 8.14. The van der Waals surface area contributed by atoms with Gasteiger partial charge in [-0.1, -0.05) is 68.1 Å². The quantitative estimate of drug-likeness (QED) is 0.362. The predicted molar refractivity (Wildman–Crippen MR) is 128 cm³/mol. The highest BCUT2D eigenvalue weighted by molar-refractivity contribution is 5.98. The van der Waals surface area contributed by atoms with Crippen molar-refractivity contribution in [1.29, 1.82) is 0 Å². The number of nitrogens with zero attached hydrogens (tertiary/aromatic N) is 1. The molecule has 1 aromatic heterocycles. The molecule has 3 aromatic rings. The Labute approximate surface area is 189 Å². The number of hydrogen-bond acceptors (Lipinski definition) is 3. The van der Waals surface area contributed by atoms with E-state index in [1.54, 1.807) is 18.3 Å². The zero-order valence-corrected chi connectivity index (χ0v) is 18.7. The molecule has 0 radical (unpaired) electrons. The number of pyridine rings is 1. The van der Waals surface area contributed by atoms with Gasteiger partial charge in [-0.2, -0.15) is 0 Å². The average Bonchev–Trinajstić information content (AvgIpc) is 2.79. The Morgan fingerprint density at radius 2 is 1.84 bits per heavy atom. The Hall–Kier alpha value is -3.47. The lowest BCUT2D eigenvalue weighted by Gasteiger charge is -2.18. The first-order valence-electron chi connectivity index (χ1n) is 11.1. The molecular formula is C27H30N2O3. The lowest BCUT2D eigenvalue weighted by atomic mass is 9.91. The van der Waals surface area contributed by atoms with Gasteiger partial charge in [0.15, 0.2) is 0 Å². The summed E-state index contributed by atoms with van der Waals surface area (Å²) in [4.78, 5) is 28.8. The van der Waals surface area contributed by atoms with Gasteiger partial charge in [0.05, 0.1) is 5.56 Å². The molecule has 0 aliphatic rings. The summed E-state index contributed by atoms with van der Waals surface area (Å²) in [5.74, 6) is -1.09. The van der Waals surface area contributed by atoms with Crippen molar-refractivity contribution in [2.24, 2.45) is 0 Å². The second-order valence-corrected chi connectivity index (χ2v) is 8.16. The van der Waals surface area contributed by atoms with Crippen LogP contribution in [-0.2, 0) is 4.79 Å². The summed E-state index contributed by atoms with van der Waals surface area (Å²) in [5.41, 5.74) is 4.56. The van der Waals surface area contributed by atoms with Crippen molar-refractivity contribution in [3.63, 3.8) is 0 Å². The van der Waals surface area contributed by atoms with Crippen molar-refractivity contribution in [3.8, 4) is 11.1 Å². The van der Waals surface area contributed by atoms with Crippen LogP contribution in [0.2, 0.25) is 0 Å². The van der Waals surface area contributed by atoms with E-state index in [0.717, 1.165) is 47.9 Å². The van der Waals surface area contributed by atoms with Crippen LogP contribution in [0.3, 0.4) is 0 Å². The van der Waals surface area contributed by atoms with E-state index in [1.165, 1.54) is 6.07 Å². The van der Waals surface area contributed by atoms with Gasteiger partial charge in [0.1, 0.15) is 0 Å². The molecule has 0 fully saturated rings. The van der Waals surface area contributed by atoms with E-state index in [2.05, 4.69) is 17.2 Å². The van der Waals surface area contributed by atoms with E-state index in [-0.39, 0.29) is 17.4 Å². The number of carbonyl (C=O) groups is 2. The highest BCUT2D eigenvalue weighted by Gasteiger charge is 2.18. The van der Waals surface area contributed by atoms with Gasteiger partial charge in [-0.05, 0) is 48.6 Å². The molecule has 0 aliphatic heterocycles. The van der Waals surface area contributed by atoms with Gasteiger partial charge in [0, 0.05) is 30.1 Å². The lowest BCUT2D eigenvalue weighted by molar-refractivity contribution is -0.116. The molecule has 3 rings (SSSR count). The summed E-state index contributed by atoms with van der Waals surface area (Å²) in [6.07, 6.45) is 8.08. The second-order valence-electron chi connectivity index (χ2n) is 8.16. The van der Waals surface area contributed by atoms with Crippen molar-refractivity contribution in [2.75, 3.05) is 5.32 Å². The molecule has 0 saturated heterocycles. The molecule has 32 heavy (non-hydrogen) atoms. The first-order chi connectivity index (χ1) is 15.5. The number of unbranched alkanes of at least 4 members (excludes halogenated alkanes) is 2. The van der Waals surface area contributed by atoms with Crippen LogP contribution in [0.15, 0.2) is 67.0 Å². The third-order valence-corrected chi connectivity index (χ3v) is 5.65. The SMILES string of the molecule is CCCCCC(CC(=O)Nc1cc(C(=O)O)ccc1-c1ccc(C)cc1)c1cccnc1. The second kappa shape index (κ2) is 11.2. The van der Waals surface area contributed by atoms with Crippen molar-refractivity contribution in [1.82, 2.24) is 4.98 Å². The number of nitrogens with one attached hydrogen (secondary N) is 1. The number of rotatable bonds is 10. The van der Waals surface area contributed by atoms with Crippen LogP contribution in [0.1, 0.15) is 66.4 Å². The number of carboxylic acid groups (broad SMARTS) is 1. The lowest BCUT2D eigenvalue weighted by Crippen LogP contribution is -2.17. The Balaban J connectivity index is 1.84. The van der Waals surface area contributed by atoms with E-state index >= 15 is 0 Å². The first-order valence-corrected chi connectivity index (χ1v) is 11.1. The van der Waals surface area contributed by atoms with Gasteiger partial charge in [0.2, 0.25) is 5.91 Å². The smallest absolute Gasteiger partial charge is 0.335 e. The molecule has 1 atom stereocenters. The molecule has 0 aliphatic carbocycles. The molecule has 2 aromatic carbocycles. The number of aromatic nitrogens is 1. The number of hydrogen-bond donors (Lipinski definition) is 2. The molecule has 0 spiro atoms. The third-order valence-electron chi connectivity index (χ3n) is 5.65. The monoisotopic (exact) mass is 430 g/mol. The van der Waals surface area contributed by atoms with Crippen LogP contribution in [0.25, 0.3) is 11.1 Å². The van der Waals surface area contributed by atoms with Gasteiger partial charge in [-0.15, -0.1) is 0 Å². The van der Waals surface area contributed by atoms with Gasteiger partial charge in [-0.3, -0.25) is 9.78 Å². The fourth-order valence-electron chi connectivity index (χ4n) is 3.84. The highest BCUT2D eigenvalue weighted by atomic mass is 16.4. The molecule has 166 valence electrons. The standard InChI is InChI=1S/C27H30N2O3/c1-3-4-5-7-21(23-8-6-15-28-18-23)17-26(30)29-25-16-22(27(31)32)13-14-24(25)20-11-9-19(2)10-12-20/h6,8-16,18,21H,3-5,7,17H2,1-2H3,(H,29,30)(H,31,32). The van der Waals surface area contributed by atoms with E-state index in [1.807, 2.05) is 49.5 Å². The largest absolute Gasteiger partial charge is 0.478 e. The summed E-state index contributed by atoms with van der Waals surface area (Å²) < 4.78 is 0. The molecular weight excluding hydrogens is 400 g/mol. The molecule has 0 bridgehead atoms. The fourth-order valence-corrected chi connectivity index (χ4v) is 3.84. The normalized spacial score (nSPS) is 11.7. The van der Waals surface area contributed by atoms with Crippen LogP contribution in [0.4, 0.5) is 5.69 Å². The summed E-state index contributed by atoms with van der Waals surface area (Å²) in [5, 5.41) is 12.4. The number of aryl methyl sites for hydroxylation is 1. The number of anilines is 1. The Morgan fingerprint density at radius 3 is 2.50 bits per heavy atom. The van der Waals surface area contributed by atoms with E-state index in [9.17, 15) is 14.7 Å². The molecule has 1 amide bonds. The number of benzene rings is 2. The van der Waals surface area contributed by atoms with Gasteiger partial charge in [-0.25, -0.2) is 4.79 Å². The van der Waals surface area contributed by atoms with Gasteiger partial charge < -0.3 is 10.4 Å². The van der Waals surface area contributed by atoms with Crippen LogP contribution in [-0.4, -0.2) is 22.0 Å². The van der Waals surface area contributed by atoms with E-state index in [4.69, 9.17) is 0 Å². The maximum atomic E-state index is 13.1. The van der Waals surface area contributed by atoms with Gasteiger partial charge in [0.25, 0.3) is 0 Å². The molecule has 2 N–H and O–H groups in total. The minimum Gasteiger partial charge on any atom is -0.478 e. The summed E-state index contributed by atoms with van der Waals surface area (Å²) >= 11 is 0. The average molecular weight is 431 g/mol. The maximum absolute atomic E-state index is 13.1. The molecule has 1 unspecified atom stereocenters. The van der Waals surface area contributed by atoms with Crippen LogP contribution in [0, 0.1) is 6.92 Å². The zero-order chi connectivity index (χ0) is 22.9. The Bertz CT molecular complexity index is 1050. The topological polar surface area (TPSA) is 79.3 Å². The first kappa shape index (κ1) is 23.2. The fraction of sp³-hybridized carbons (Fsp3) is 0.296. The number of carboxylic acids is 1. The van der Waals surface area contributed by atoms with Gasteiger partial charge >= 0.3 is 5.97 Å². The van der Waals surface area contributed by atoms with Crippen LogP contribution < -0.4 is 5.32 Å². The molecule has 5 heteroatoms. The summed E-state index contributed by atoms with van der Waals surface area (Å²) in [6.45, 7) is 4.17. The Morgan fingerprint density at radius 1 is 1.06 bits per heavy atom.